The second-order valence-corrected chi connectivity index (χ2v) is 5.00. The van der Waals surface area contributed by atoms with Crippen molar-refractivity contribution in [2.75, 3.05) is 19.6 Å². The molecule has 19 heavy (non-hydrogen) atoms. The number of carboxylic acids is 1. The summed E-state index contributed by atoms with van der Waals surface area (Å²) in [7, 11) is 0. The lowest BCUT2D eigenvalue weighted by atomic mass is 9.90. The summed E-state index contributed by atoms with van der Waals surface area (Å²) in [5, 5.41) is 16.7. The number of nitrogens with two attached hydrogens (primary N) is 1. The normalized spacial score (nSPS) is 22.7. The molecule has 2 rings (SSSR count). The maximum absolute atomic E-state index is 12.2. The Balaban J connectivity index is 2.06. The molecule has 0 saturated carbocycles. The van der Waals surface area contributed by atoms with Gasteiger partial charge < -0.3 is 15.7 Å². The zero-order valence-corrected chi connectivity index (χ0v) is 10.7. The fraction of sp³-hybridized carbons (Fsp3) is 0.636. The first kappa shape index (κ1) is 13.5. The van der Waals surface area contributed by atoms with E-state index in [0.717, 1.165) is 0 Å². The molecule has 1 aromatic heterocycles. The first-order valence-electron chi connectivity index (χ1n) is 6.09. The lowest BCUT2D eigenvalue weighted by Gasteiger charge is -2.19. The average Bonchev–Trinajstić information content (AvgIpc) is 2.97. The van der Waals surface area contributed by atoms with Crippen LogP contribution in [0.2, 0.25) is 0 Å². The first-order valence-corrected chi connectivity index (χ1v) is 6.09. The van der Waals surface area contributed by atoms with Crippen molar-refractivity contribution in [3.63, 3.8) is 0 Å². The van der Waals surface area contributed by atoms with Crippen molar-refractivity contribution in [2.45, 2.75) is 19.9 Å². The first-order chi connectivity index (χ1) is 8.96. The zero-order valence-electron chi connectivity index (χ0n) is 10.7. The van der Waals surface area contributed by atoms with Gasteiger partial charge >= 0.3 is 5.97 Å². The molecule has 0 aromatic carbocycles. The molecular formula is C11H17N5O3. The van der Waals surface area contributed by atoms with Crippen molar-refractivity contribution in [1.29, 1.82) is 0 Å². The van der Waals surface area contributed by atoms with Gasteiger partial charge in [-0.25, -0.2) is 0 Å². The van der Waals surface area contributed by atoms with Crippen molar-refractivity contribution in [1.82, 2.24) is 19.9 Å². The number of hydrogen-bond donors (Lipinski definition) is 2. The fourth-order valence-electron chi connectivity index (χ4n) is 2.11. The van der Waals surface area contributed by atoms with Crippen molar-refractivity contribution >= 4 is 11.9 Å². The Morgan fingerprint density at radius 1 is 1.58 bits per heavy atom. The van der Waals surface area contributed by atoms with Gasteiger partial charge in [-0.2, -0.15) is 0 Å². The third-order valence-electron chi connectivity index (χ3n) is 3.39. The molecule has 0 spiro atoms. The molecule has 1 aliphatic heterocycles. The van der Waals surface area contributed by atoms with E-state index in [-0.39, 0.29) is 18.1 Å². The molecule has 1 amide bonds. The largest absolute Gasteiger partial charge is 0.481 e. The quantitative estimate of drug-likeness (QED) is 0.736. The highest BCUT2D eigenvalue weighted by atomic mass is 16.4. The number of aliphatic carboxylic acids is 1. The highest BCUT2D eigenvalue weighted by Gasteiger charge is 2.42. The second-order valence-electron chi connectivity index (χ2n) is 5.00. The van der Waals surface area contributed by atoms with E-state index in [1.165, 1.54) is 15.8 Å². The summed E-state index contributed by atoms with van der Waals surface area (Å²) in [4.78, 5) is 24.8. The van der Waals surface area contributed by atoms with Gasteiger partial charge in [-0.3, -0.25) is 14.3 Å². The van der Waals surface area contributed by atoms with Crippen LogP contribution in [0, 0.1) is 5.41 Å². The third-order valence-corrected chi connectivity index (χ3v) is 3.39. The van der Waals surface area contributed by atoms with Crippen LogP contribution < -0.4 is 5.73 Å². The topological polar surface area (TPSA) is 114 Å². The predicted molar refractivity (Wildman–Crippen MR) is 65.3 cm³/mol. The highest BCUT2D eigenvalue weighted by Crippen LogP contribution is 2.30. The number of hydrogen-bond acceptors (Lipinski definition) is 5. The molecule has 1 fully saturated rings. The van der Waals surface area contributed by atoms with Gasteiger partial charge in [0, 0.05) is 19.6 Å². The van der Waals surface area contributed by atoms with Gasteiger partial charge in [-0.1, -0.05) is 5.21 Å². The molecule has 0 aliphatic carbocycles. The Labute approximate surface area is 110 Å². The number of rotatable bonds is 4. The summed E-state index contributed by atoms with van der Waals surface area (Å²) in [6, 6.07) is 0. The van der Waals surface area contributed by atoms with E-state index in [4.69, 9.17) is 10.8 Å². The smallest absolute Gasteiger partial charge is 0.311 e. The van der Waals surface area contributed by atoms with Crippen LogP contribution in [-0.2, 0) is 11.3 Å². The molecule has 1 aliphatic rings. The maximum Gasteiger partial charge on any atom is 0.311 e. The van der Waals surface area contributed by atoms with E-state index < -0.39 is 11.4 Å². The molecule has 2 heterocycles. The lowest BCUT2D eigenvalue weighted by Crippen LogP contribution is -2.35. The number of nitrogens with zero attached hydrogens (tertiary/aromatic N) is 4. The second kappa shape index (κ2) is 4.96. The number of likely N-dealkylation sites (tertiary alicyclic amines) is 1. The summed E-state index contributed by atoms with van der Waals surface area (Å²) in [5.41, 5.74) is 4.74. The van der Waals surface area contributed by atoms with Crippen LogP contribution in [0.15, 0.2) is 6.20 Å². The molecule has 3 N–H and O–H groups in total. The number of amides is 1. The Morgan fingerprint density at radius 3 is 2.89 bits per heavy atom. The van der Waals surface area contributed by atoms with Gasteiger partial charge in [0.15, 0.2) is 5.69 Å². The molecule has 1 saturated heterocycles. The zero-order chi connectivity index (χ0) is 14.0. The molecule has 0 radical (unpaired) electrons. The number of carboxylic acid groups (broad SMARTS) is 1. The van der Waals surface area contributed by atoms with Crippen LogP contribution in [-0.4, -0.2) is 56.5 Å². The van der Waals surface area contributed by atoms with E-state index in [1.807, 2.05) is 0 Å². The molecule has 8 nitrogen and oxygen atoms in total. The van der Waals surface area contributed by atoms with Crippen LogP contribution in [0.3, 0.4) is 0 Å². The lowest BCUT2D eigenvalue weighted by molar-refractivity contribution is -0.147. The summed E-state index contributed by atoms with van der Waals surface area (Å²) >= 11 is 0. The minimum atomic E-state index is -0.880. The molecule has 1 unspecified atom stereocenters. The van der Waals surface area contributed by atoms with Crippen LogP contribution in [0.4, 0.5) is 0 Å². The van der Waals surface area contributed by atoms with Gasteiger partial charge in [0.25, 0.3) is 5.91 Å². The van der Waals surface area contributed by atoms with Crippen molar-refractivity contribution in [2.24, 2.45) is 11.1 Å². The van der Waals surface area contributed by atoms with Crippen LogP contribution in [0.25, 0.3) is 0 Å². The van der Waals surface area contributed by atoms with Crippen molar-refractivity contribution in [3.8, 4) is 0 Å². The van der Waals surface area contributed by atoms with Crippen LogP contribution >= 0.6 is 0 Å². The standard InChI is InChI=1S/C11H17N5O3/c1-11(10(18)19)2-4-15(7-11)9(17)8-6-16(5-3-12)14-13-8/h6H,2-5,7,12H2,1H3,(H,18,19). The fourth-order valence-corrected chi connectivity index (χ4v) is 2.11. The van der Waals surface area contributed by atoms with E-state index in [9.17, 15) is 9.59 Å². The molecule has 104 valence electrons. The Hall–Kier alpha value is -1.96. The van der Waals surface area contributed by atoms with Gasteiger partial charge in [0.1, 0.15) is 0 Å². The van der Waals surface area contributed by atoms with E-state index in [2.05, 4.69) is 10.3 Å². The van der Waals surface area contributed by atoms with E-state index in [0.29, 0.717) is 26.1 Å². The van der Waals surface area contributed by atoms with E-state index in [1.54, 1.807) is 6.92 Å². The van der Waals surface area contributed by atoms with E-state index >= 15 is 0 Å². The summed E-state index contributed by atoms with van der Waals surface area (Å²) in [6.07, 6.45) is 1.98. The Morgan fingerprint density at radius 2 is 2.32 bits per heavy atom. The Bertz CT molecular complexity index is 500. The van der Waals surface area contributed by atoms with Gasteiger partial charge in [0.05, 0.1) is 18.2 Å². The number of aromatic nitrogens is 3. The van der Waals surface area contributed by atoms with Crippen molar-refractivity contribution < 1.29 is 14.7 Å². The summed E-state index contributed by atoms with van der Waals surface area (Å²) in [5.74, 6) is -1.16. The summed E-state index contributed by atoms with van der Waals surface area (Å²) < 4.78 is 1.50. The number of carbonyl (C=O) groups excluding carboxylic acids is 1. The van der Waals surface area contributed by atoms with Crippen molar-refractivity contribution in [3.05, 3.63) is 11.9 Å². The monoisotopic (exact) mass is 267 g/mol. The predicted octanol–water partition coefficient (Wildman–Crippen LogP) is -0.826. The molecule has 1 atom stereocenters. The van der Waals surface area contributed by atoms with Gasteiger partial charge in [0.2, 0.25) is 0 Å². The molecule has 1 aromatic rings. The maximum atomic E-state index is 12.2. The van der Waals surface area contributed by atoms with Gasteiger partial charge in [-0.15, -0.1) is 5.10 Å². The Kier molecular flexibility index (Phi) is 3.52. The molecular weight excluding hydrogens is 250 g/mol. The number of carbonyl (C=O) groups is 2. The third kappa shape index (κ3) is 2.58. The van der Waals surface area contributed by atoms with Crippen LogP contribution in [0.5, 0.6) is 0 Å². The minimum absolute atomic E-state index is 0.199. The highest BCUT2D eigenvalue weighted by molar-refractivity contribution is 5.92. The van der Waals surface area contributed by atoms with Gasteiger partial charge in [-0.05, 0) is 13.3 Å². The average molecular weight is 267 g/mol. The van der Waals surface area contributed by atoms with Crippen LogP contribution in [0.1, 0.15) is 23.8 Å². The molecule has 8 heteroatoms. The minimum Gasteiger partial charge on any atom is -0.481 e. The molecule has 0 bridgehead atoms. The summed E-state index contributed by atoms with van der Waals surface area (Å²) in [6.45, 7) is 3.18. The SMILES string of the molecule is CC1(C(=O)O)CCN(C(=O)c2cn(CCN)nn2)C1.